The van der Waals surface area contributed by atoms with Crippen LogP contribution in [0.5, 0.6) is 0 Å². The fourth-order valence-corrected chi connectivity index (χ4v) is 3.51. The molecule has 8 heteroatoms. The molecule has 1 atom stereocenters. The van der Waals surface area contributed by atoms with Crippen molar-refractivity contribution in [1.82, 2.24) is 19.0 Å². The molecule has 1 unspecified atom stereocenters. The molecule has 122 valence electrons. The number of rotatable bonds is 3. The van der Waals surface area contributed by atoms with Gasteiger partial charge in [-0.3, -0.25) is 10.1 Å². The predicted octanol–water partition coefficient (Wildman–Crippen LogP) is 2.79. The Kier molecular flexibility index (Phi) is 4.05. The standard InChI is InChI=1S/C16H14ClN5OS/c17-11-6-7-12-14(21-24-20-12)13(11)19-16-18-8-9-22(16)15(23)10-4-2-1-3-5-10/h1-7,16,18-19H,8-9H2. The van der Waals surface area contributed by atoms with Crippen LogP contribution in [-0.2, 0) is 0 Å². The summed E-state index contributed by atoms with van der Waals surface area (Å²) in [5.41, 5.74) is 2.85. The molecule has 24 heavy (non-hydrogen) atoms. The molecule has 1 aliphatic heterocycles. The van der Waals surface area contributed by atoms with Gasteiger partial charge in [0.1, 0.15) is 11.0 Å². The van der Waals surface area contributed by atoms with E-state index in [0.29, 0.717) is 34.9 Å². The van der Waals surface area contributed by atoms with Gasteiger partial charge in [-0.05, 0) is 24.3 Å². The van der Waals surface area contributed by atoms with E-state index in [1.807, 2.05) is 36.4 Å². The van der Waals surface area contributed by atoms with Crippen LogP contribution in [0.3, 0.4) is 0 Å². The van der Waals surface area contributed by atoms with Crippen LogP contribution in [-0.4, -0.2) is 38.9 Å². The van der Waals surface area contributed by atoms with Gasteiger partial charge in [0.2, 0.25) is 0 Å². The van der Waals surface area contributed by atoms with Crippen LogP contribution in [0, 0.1) is 0 Å². The fourth-order valence-electron chi connectivity index (χ4n) is 2.76. The molecule has 6 nitrogen and oxygen atoms in total. The van der Waals surface area contributed by atoms with Gasteiger partial charge in [0.05, 0.1) is 22.4 Å². The van der Waals surface area contributed by atoms with Crippen LogP contribution in [0.15, 0.2) is 42.5 Å². The predicted molar refractivity (Wildman–Crippen MR) is 95.3 cm³/mol. The van der Waals surface area contributed by atoms with Crippen LogP contribution >= 0.6 is 23.3 Å². The Balaban J connectivity index is 1.62. The zero-order chi connectivity index (χ0) is 16.5. The molecule has 0 saturated carbocycles. The fraction of sp³-hybridized carbons (Fsp3) is 0.188. The summed E-state index contributed by atoms with van der Waals surface area (Å²) < 4.78 is 8.53. The summed E-state index contributed by atoms with van der Waals surface area (Å²) in [4.78, 5) is 14.5. The number of carbonyl (C=O) groups excluding carboxylic acids is 1. The number of nitrogens with zero attached hydrogens (tertiary/aromatic N) is 3. The van der Waals surface area contributed by atoms with Gasteiger partial charge < -0.3 is 10.2 Å². The molecule has 4 rings (SSSR count). The highest BCUT2D eigenvalue weighted by molar-refractivity contribution is 7.00. The molecule has 1 saturated heterocycles. The molecule has 0 spiro atoms. The second-order valence-corrected chi connectivity index (χ2v) is 6.36. The van der Waals surface area contributed by atoms with Gasteiger partial charge in [0.25, 0.3) is 5.91 Å². The van der Waals surface area contributed by atoms with Crippen LogP contribution in [0.1, 0.15) is 10.4 Å². The van der Waals surface area contributed by atoms with E-state index in [-0.39, 0.29) is 12.2 Å². The first kappa shape index (κ1) is 15.3. The number of benzene rings is 2. The largest absolute Gasteiger partial charge is 0.350 e. The molecule has 1 fully saturated rings. The van der Waals surface area contributed by atoms with Crippen molar-refractivity contribution in [1.29, 1.82) is 0 Å². The Bertz CT molecular complexity index is 885. The van der Waals surface area contributed by atoms with E-state index in [2.05, 4.69) is 19.4 Å². The maximum absolute atomic E-state index is 12.7. The summed E-state index contributed by atoms with van der Waals surface area (Å²) in [6.45, 7) is 1.33. The van der Waals surface area contributed by atoms with Crippen molar-refractivity contribution in [3.8, 4) is 0 Å². The zero-order valence-corrected chi connectivity index (χ0v) is 14.1. The lowest BCUT2D eigenvalue weighted by Crippen LogP contribution is -2.45. The number of hydrogen-bond donors (Lipinski definition) is 2. The van der Waals surface area contributed by atoms with Crippen molar-refractivity contribution in [3.63, 3.8) is 0 Å². The Hall–Kier alpha value is -2.22. The molecule has 0 aliphatic carbocycles. The first-order chi connectivity index (χ1) is 11.7. The van der Waals surface area contributed by atoms with Crippen LogP contribution in [0.25, 0.3) is 11.0 Å². The molecule has 0 radical (unpaired) electrons. The Labute approximate surface area is 147 Å². The molecule has 1 amide bonds. The molecule has 2 heterocycles. The minimum absolute atomic E-state index is 0.0298. The number of amides is 1. The molecular weight excluding hydrogens is 346 g/mol. The van der Waals surface area contributed by atoms with E-state index < -0.39 is 0 Å². The molecule has 3 aromatic rings. The minimum atomic E-state index is -0.345. The number of halogens is 1. The van der Waals surface area contributed by atoms with Gasteiger partial charge in [0.15, 0.2) is 6.29 Å². The van der Waals surface area contributed by atoms with Gasteiger partial charge in [-0.2, -0.15) is 8.75 Å². The molecule has 0 bridgehead atoms. The van der Waals surface area contributed by atoms with Crippen LogP contribution in [0.4, 0.5) is 5.69 Å². The van der Waals surface area contributed by atoms with Crippen molar-refractivity contribution in [2.45, 2.75) is 6.29 Å². The first-order valence-electron chi connectivity index (χ1n) is 7.51. The van der Waals surface area contributed by atoms with E-state index in [4.69, 9.17) is 11.6 Å². The van der Waals surface area contributed by atoms with E-state index in [0.717, 1.165) is 17.2 Å². The summed E-state index contributed by atoms with van der Waals surface area (Å²) in [5, 5.41) is 7.14. The highest BCUT2D eigenvalue weighted by Crippen LogP contribution is 2.31. The Morgan fingerprint density at radius 3 is 2.92 bits per heavy atom. The third kappa shape index (κ3) is 2.71. The van der Waals surface area contributed by atoms with Crippen molar-refractivity contribution in [3.05, 3.63) is 53.1 Å². The summed E-state index contributed by atoms with van der Waals surface area (Å²) in [5.74, 6) is -0.0298. The summed E-state index contributed by atoms with van der Waals surface area (Å²) in [6.07, 6.45) is -0.345. The number of fused-ring (bicyclic) bond motifs is 1. The van der Waals surface area contributed by atoms with Gasteiger partial charge in [-0.1, -0.05) is 29.8 Å². The molecule has 1 aliphatic rings. The van der Waals surface area contributed by atoms with E-state index in [1.165, 1.54) is 0 Å². The lowest BCUT2D eigenvalue weighted by molar-refractivity contribution is 0.0746. The molecule has 2 aromatic carbocycles. The van der Waals surface area contributed by atoms with E-state index in [9.17, 15) is 4.79 Å². The SMILES string of the molecule is O=C(c1ccccc1)N1CCNC1Nc1c(Cl)ccc2nsnc12. The van der Waals surface area contributed by atoms with Crippen LogP contribution in [0.2, 0.25) is 5.02 Å². The number of aromatic nitrogens is 2. The number of hydrogen-bond acceptors (Lipinski definition) is 6. The monoisotopic (exact) mass is 359 g/mol. The second kappa shape index (κ2) is 6.35. The molecule has 2 N–H and O–H groups in total. The van der Waals surface area contributed by atoms with Crippen molar-refractivity contribution >= 4 is 46.0 Å². The highest BCUT2D eigenvalue weighted by atomic mass is 35.5. The molecule has 1 aromatic heterocycles. The lowest BCUT2D eigenvalue weighted by Gasteiger charge is -2.26. The third-order valence-corrected chi connectivity index (χ3v) is 4.80. The highest BCUT2D eigenvalue weighted by Gasteiger charge is 2.30. The topological polar surface area (TPSA) is 70.2 Å². The number of carbonyl (C=O) groups is 1. The molecular formula is C16H14ClN5OS. The second-order valence-electron chi connectivity index (χ2n) is 5.42. The maximum Gasteiger partial charge on any atom is 0.256 e. The van der Waals surface area contributed by atoms with Crippen molar-refractivity contribution < 1.29 is 4.79 Å². The average Bonchev–Trinajstić information content (AvgIpc) is 3.26. The average molecular weight is 360 g/mol. The van der Waals surface area contributed by atoms with Gasteiger partial charge in [-0.25, -0.2) is 0 Å². The smallest absolute Gasteiger partial charge is 0.256 e. The first-order valence-corrected chi connectivity index (χ1v) is 8.61. The summed E-state index contributed by atoms with van der Waals surface area (Å²) in [6, 6.07) is 12.9. The Morgan fingerprint density at radius 1 is 1.25 bits per heavy atom. The summed E-state index contributed by atoms with van der Waals surface area (Å²) >= 11 is 7.46. The number of nitrogens with one attached hydrogen (secondary N) is 2. The van der Waals surface area contributed by atoms with Crippen molar-refractivity contribution in [2.75, 3.05) is 18.4 Å². The normalized spacial score (nSPS) is 17.4. The van der Waals surface area contributed by atoms with Crippen molar-refractivity contribution in [2.24, 2.45) is 0 Å². The quantitative estimate of drug-likeness (QED) is 0.752. The number of anilines is 1. The van der Waals surface area contributed by atoms with Gasteiger partial charge in [0, 0.05) is 18.7 Å². The minimum Gasteiger partial charge on any atom is -0.350 e. The zero-order valence-electron chi connectivity index (χ0n) is 12.6. The van der Waals surface area contributed by atoms with Gasteiger partial charge in [-0.15, -0.1) is 0 Å². The van der Waals surface area contributed by atoms with E-state index >= 15 is 0 Å². The van der Waals surface area contributed by atoms with Crippen LogP contribution < -0.4 is 10.6 Å². The van der Waals surface area contributed by atoms with E-state index in [1.54, 1.807) is 11.0 Å². The van der Waals surface area contributed by atoms with Gasteiger partial charge >= 0.3 is 0 Å². The summed E-state index contributed by atoms with van der Waals surface area (Å²) in [7, 11) is 0. The maximum atomic E-state index is 12.7. The Morgan fingerprint density at radius 2 is 2.08 bits per heavy atom. The third-order valence-electron chi connectivity index (χ3n) is 3.94. The lowest BCUT2D eigenvalue weighted by atomic mass is 10.2.